The van der Waals surface area contributed by atoms with Gasteiger partial charge >= 0.3 is 0 Å². The van der Waals surface area contributed by atoms with Gasteiger partial charge in [0.15, 0.2) is 0 Å². The highest BCUT2D eigenvalue weighted by Gasteiger charge is 2.39. The van der Waals surface area contributed by atoms with E-state index in [0.717, 1.165) is 17.8 Å². The number of nitrogens with zero attached hydrogens (tertiary/aromatic N) is 1. The normalized spacial score (nSPS) is 37.1. The second kappa shape index (κ2) is 5.73. The molecule has 2 nitrogen and oxygen atoms in total. The minimum absolute atomic E-state index is 0.168. The second-order valence-electron chi connectivity index (χ2n) is 7.87. The highest BCUT2D eigenvalue weighted by atomic mass is 15.1. The van der Waals surface area contributed by atoms with Crippen molar-refractivity contribution in [3.05, 3.63) is 0 Å². The van der Waals surface area contributed by atoms with Crippen LogP contribution in [0, 0.1) is 17.8 Å². The van der Waals surface area contributed by atoms with Crippen LogP contribution in [0.25, 0.3) is 0 Å². The summed E-state index contributed by atoms with van der Waals surface area (Å²) in [5, 5.41) is 0. The Morgan fingerprint density at radius 3 is 2.53 bits per heavy atom. The van der Waals surface area contributed by atoms with Gasteiger partial charge in [-0.25, -0.2) is 0 Å². The molecular formula is C17H32N2. The Bertz CT molecular complexity index is 296. The van der Waals surface area contributed by atoms with Gasteiger partial charge in [0.05, 0.1) is 0 Å². The van der Waals surface area contributed by atoms with Crippen molar-refractivity contribution < 1.29 is 0 Å². The van der Waals surface area contributed by atoms with Gasteiger partial charge in [0.2, 0.25) is 0 Å². The fourth-order valence-electron chi connectivity index (χ4n) is 5.01. The number of hydrogen-bond donors (Lipinski definition) is 1. The summed E-state index contributed by atoms with van der Waals surface area (Å²) >= 11 is 0. The van der Waals surface area contributed by atoms with E-state index in [1.165, 1.54) is 70.9 Å². The molecule has 0 aromatic rings. The standard InChI is InChI=1S/C17H32N2/c1-19(10-9-17(18)7-3-2-4-8-17)13-16-12-14-5-6-15(16)11-14/h14-16H,2-13,18H2,1H3. The minimum atomic E-state index is 0.168. The summed E-state index contributed by atoms with van der Waals surface area (Å²) in [5.41, 5.74) is 6.72. The summed E-state index contributed by atoms with van der Waals surface area (Å²) in [6.07, 6.45) is 13.9. The van der Waals surface area contributed by atoms with Gasteiger partial charge in [-0.1, -0.05) is 25.7 Å². The number of nitrogens with two attached hydrogens (primary N) is 1. The van der Waals surface area contributed by atoms with E-state index < -0.39 is 0 Å². The van der Waals surface area contributed by atoms with Gasteiger partial charge in [0.25, 0.3) is 0 Å². The van der Waals surface area contributed by atoms with Crippen molar-refractivity contribution in [3.8, 4) is 0 Å². The van der Waals surface area contributed by atoms with Crippen molar-refractivity contribution >= 4 is 0 Å². The van der Waals surface area contributed by atoms with Crippen molar-refractivity contribution in [3.63, 3.8) is 0 Å². The Morgan fingerprint density at radius 1 is 1.11 bits per heavy atom. The average molecular weight is 264 g/mol. The molecule has 0 aliphatic heterocycles. The van der Waals surface area contributed by atoms with Crippen molar-refractivity contribution in [2.75, 3.05) is 20.1 Å². The Hall–Kier alpha value is -0.0800. The van der Waals surface area contributed by atoms with Gasteiger partial charge in [-0.05, 0) is 69.9 Å². The van der Waals surface area contributed by atoms with E-state index >= 15 is 0 Å². The minimum Gasteiger partial charge on any atom is -0.325 e. The third kappa shape index (κ3) is 3.33. The highest BCUT2D eigenvalue weighted by molar-refractivity contribution is 4.92. The van der Waals surface area contributed by atoms with Gasteiger partial charge in [0.1, 0.15) is 0 Å². The molecule has 2 N–H and O–H groups in total. The quantitative estimate of drug-likeness (QED) is 0.824. The fourth-order valence-corrected chi connectivity index (χ4v) is 5.01. The van der Waals surface area contributed by atoms with Crippen LogP contribution >= 0.6 is 0 Å². The Labute approximate surface area is 119 Å². The number of rotatable bonds is 5. The van der Waals surface area contributed by atoms with Crippen LogP contribution in [0.2, 0.25) is 0 Å². The molecule has 3 unspecified atom stereocenters. The molecule has 0 saturated heterocycles. The maximum absolute atomic E-state index is 6.55. The SMILES string of the molecule is CN(CCC1(N)CCCCC1)CC1CC2CCC1C2. The predicted molar refractivity (Wildman–Crippen MR) is 81.1 cm³/mol. The molecule has 3 fully saturated rings. The second-order valence-corrected chi connectivity index (χ2v) is 7.87. The lowest BCUT2D eigenvalue weighted by molar-refractivity contribution is 0.188. The van der Waals surface area contributed by atoms with E-state index in [9.17, 15) is 0 Å². The van der Waals surface area contributed by atoms with E-state index in [1.54, 1.807) is 6.42 Å². The van der Waals surface area contributed by atoms with E-state index in [-0.39, 0.29) is 5.54 Å². The zero-order valence-corrected chi connectivity index (χ0v) is 12.7. The molecule has 0 spiro atoms. The molecule has 2 bridgehead atoms. The molecule has 3 saturated carbocycles. The van der Waals surface area contributed by atoms with E-state index in [1.807, 2.05) is 0 Å². The molecule has 3 aliphatic carbocycles. The van der Waals surface area contributed by atoms with Gasteiger partial charge in [-0.15, -0.1) is 0 Å². The predicted octanol–water partition coefficient (Wildman–Crippen LogP) is 3.41. The summed E-state index contributed by atoms with van der Waals surface area (Å²) in [6.45, 7) is 2.54. The average Bonchev–Trinajstić information content (AvgIpc) is 3.00. The molecule has 0 aromatic heterocycles. The van der Waals surface area contributed by atoms with Crippen molar-refractivity contribution in [1.82, 2.24) is 4.90 Å². The van der Waals surface area contributed by atoms with E-state index in [0.29, 0.717) is 0 Å². The third-order valence-corrected chi connectivity index (χ3v) is 6.27. The molecule has 0 amide bonds. The zero-order valence-electron chi connectivity index (χ0n) is 12.7. The van der Waals surface area contributed by atoms with Crippen molar-refractivity contribution in [1.29, 1.82) is 0 Å². The molecular weight excluding hydrogens is 232 g/mol. The number of hydrogen-bond acceptors (Lipinski definition) is 2. The molecule has 2 heteroatoms. The maximum atomic E-state index is 6.55. The first kappa shape index (κ1) is 13.9. The summed E-state index contributed by atoms with van der Waals surface area (Å²) in [6, 6.07) is 0. The molecule has 19 heavy (non-hydrogen) atoms. The first-order valence-corrected chi connectivity index (χ1v) is 8.62. The Balaban J connectivity index is 1.40. The summed E-state index contributed by atoms with van der Waals surface area (Å²) in [7, 11) is 2.32. The maximum Gasteiger partial charge on any atom is 0.0166 e. The topological polar surface area (TPSA) is 29.3 Å². The molecule has 0 heterocycles. The van der Waals surface area contributed by atoms with Gasteiger partial charge < -0.3 is 10.6 Å². The molecule has 0 aromatic carbocycles. The van der Waals surface area contributed by atoms with Gasteiger partial charge in [0, 0.05) is 12.1 Å². The lowest BCUT2D eigenvalue weighted by Gasteiger charge is -2.35. The fraction of sp³-hybridized carbons (Fsp3) is 1.00. The Kier molecular flexibility index (Phi) is 4.19. The van der Waals surface area contributed by atoms with Crippen LogP contribution in [0.4, 0.5) is 0 Å². The van der Waals surface area contributed by atoms with Crippen molar-refractivity contribution in [2.24, 2.45) is 23.5 Å². The number of fused-ring (bicyclic) bond motifs is 2. The lowest BCUT2D eigenvalue weighted by Crippen LogP contribution is -2.44. The van der Waals surface area contributed by atoms with Crippen LogP contribution in [0.3, 0.4) is 0 Å². The van der Waals surface area contributed by atoms with Gasteiger partial charge in [-0.3, -0.25) is 0 Å². The van der Waals surface area contributed by atoms with Crippen LogP contribution in [0.5, 0.6) is 0 Å². The summed E-state index contributed by atoms with van der Waals surface area (Å²) < 4.78 is 0. The molecule has 3 rings (SSSR count). The monoisotopic (exact) mass is 264 g/mol. The zero-order chi connectivity index (χ0) is 13.3. The van der Waals surface area contributed by atoms with E-state index in [4.69, 9.17) is 5.73 Å². The van der Waals surface area contributed by atoms with Crippen LogP contribution in [-0.4, -0.2) is 30.6 Å². The molecule has 3 atom stereocenters. The molecule has 0 radical (unpaired) electrons. The van der Waals surface area contributed by atoms with Gasteiger partial charge in [-0.2, -0.15) is 0 Å². The van der Waals surface area contributed by atoms with Crippen LogP contribution in [0.15, 0.2) is 0 Å². The van der Waals surface area contributed by atoms with Crippen molar-refractivity contribution in [2.45, 2.75) is 69.7 Å². The Morgan fingerprint density at radius 2 is 1.89 bits per heavy atom. The first-order chi connectivity index (χ1) is 9.15. The first-order valence-electron chi connectivity index (χ1n) is 8.62. The smallest absolute Gasteiger partial charge is 0.0166 e. The van der Waals surface area contributed by atoms with Crippen LogP contribution in [-0.2, 0) is 0 Å². The lowest BCUT2D eigenvalue weighted by atomic mass is 9.80. The van der Waals surface area contributed by atoms with E-state index in [2.05, 4.69) is 11.9 Å². The van der Waals surface area contributed by atoms with Crippen LogP contribution in [0.1, 0.15) is 64.2 Å². The largest absolute Gasteiger partial charge is 0.325 e. The molecule has 3 aliphatic rings. The van der Waals surface area contributed by atoms with Crippen LogP contribution < -0.4 is 5.73 Å². The highest BCUT2D eigenvalue weighted by Crippen LogP contribution is 2.48. The molecule has 110 valence electrons. The summed E-state index contributed by atoms with van der Waals surface area (Å²) in [4.78, 5) is 2.58. The summed E-state index contributed by atoms with van der Waals surface area (Å²) in [5.74, 6) is 3.15. The third-order valence-electron chi connectivity index (χ3n) is 6.27.